The fourth-order valence-electron chi connectivity index (χ4n) is 6.89. The Morgan fingerprint density at radius 1 is 0.958 bits per heavy atom. The minimum atomic E-state index is -1.09. The van der Waals surface area contributed by atoms with E-state index in [-0.39, 0.29) is 17.6 Å². The average molecular weight is 670 g/mol. The second-order valence-corrected chi connectivity index (χ2v) is 15.8. The summed E-state index contributed by atoms with van der Waals surface area (Å²) in [6.45, 7) is 12.4. The van der Waals surface area contributed by atoms with E-state index in [0.29, 0.717) is 32.2 Å². The molecule has 0 radical (unpaired) electrons. The molecule has 1 heterocycles. The molecule has 6 N–H and O–H groups in total. The SMILES string of the molecule is CC(C)(C)C(NC(=O)NC1(Cc2cccc(O)c2)CCCCC1)C(=O)N1CCCC1C(=O)NC(CC1CCC1)C(=O)C(N)=O.CC(C)C. The van der Waals surface area contributed by atoms with Gasteiger partial charge in [-0.25, -0.2) is 4.79 Å². The molecule has 1 aliphatic heterocycles. The number of amides is 5. The smallest absolute Gasteiger partial charge is 0.315 e. The number of carbonyl (C=O) groups excluding carboxylic acids is 5. The van der Waals surface area contributed by atoms with Crippen LogP contribution in [0.3, 0.4) is 0 Å². The lowest BCUT2D eigenvalue weighted by Crippen LogP contribution is -2.62. The quantitative estimate of drug-likeness (QED) is 0.213. The van der Waals surface area contributed by atoms with Gasteiger partial charge in [0, 0.05) is 12.1 Å². The zero-order valence-electron chi connectivity index (χ0n) is 29.9. The third kappa shape index (κ3) is 11.2. The number of likely N-dealkylation sites (tertiary alicyclic amines) is 1. The predicted molar refractivity (Wildman–Crippen MR) is 186 cm³/mol. The highest BCUT2D eigenvalue weighted by molar-refractivity contribution is 6.37. The van der Waals surface area contributed by atoms with Gasteiger partial charge in [-0.05, 0) is 73.5 Å². The first kappa shape index (κ1) is 38.8. The van der Waals surface area contributed by atoms with Crippen molar-refractivity contribution in [3.05, 3.63) is 29.8 Å². The van der Waals surface area contributed by atoms with Crippen LogP contribution in [0.1, 0.15) is 118 Å². The first-order valence-electron chi connectivity index (χ1n) is 17.8. The summed E-state index contributed by atoms with van der Waals surface area (Å²) in [6, 6.07) is 3.85. The van der Waals surface area contributed by atoms with Gasteiger partial charge in [-0.1, -0.05) is 92.2 Å². The number of hydrogen-bond donors (Lipinski definition) is 5. The highest BCUT2D eigenvalue weighted by Gasteiger charge is 2.44. The van der Waals surface area contributed by atoms with Gasteiger partial charge in [-0.2, -0.15) is 0 Å². The molecule has 3 unspecified atom stereocenters. The van der Waals surface area contributed by atoms with Crippen molar-refractivity contribution >= 4 is 29.5 Å². The van der Waals surface area contributed by atoms with Gasteiger partial charge in [0.15, 0.2) is 0 Å². The molecule has 0 bridgehead atoms. The number of Topliss-reactive ketones (excluding diaryl/α,β-unsaturated/α-hetero) is 1. The molecule has 3 aliphatic rings. The summed E-state index contributed by atoms with van der Waals surface area (Å²) >= 11 is 0. The van der Waals surface area contributed by atoms with Crippen molar-refractivity contribution < 1.29 is 29.1 Å². The second kappa shape index (κ2) is 17.2. The van der Waals surface area contributed by atoms with E-state index < -0.39 is 52.7 Å². The number of carbonyl (C=O) groups is 5. The van der Waals surface area contributed by atoms with Gasteiger partial charge in [0.1, 0.15) is 17.8 Å². The van der Waals surface area contributed by atoms with Crippen LogP contribution in [0.4, 0.5) is 4.79 Å². The minimum Gasteiger partial charge on any atom is -0.508 e. The lowest BCUT2D eigenvalue weighted by Gasteiger charge is -2.40. The Morgan fingerprint density at radius 2 is 1.60 bits per heavy atom. The van der Waals surface area contributed by atoms with Crippen molar-refractivity contribution in [2.75, 3.05) is 6.54 Å². The van der Waals surface area contributed by atoms with E-state index in [1.54, 1.807) is 18.2 Å². The first-order chi connectivity index (χ1) is 22.5. The number of urea groups is 1. The van der Waals surface area contributed by atoms with Crippen molar-refractivity contribution in [2.24, 2.45) is 23.0 Å². The van der Waals surface area contributed by atoms with E-state index >= 15 is 0 Å². The molecule has 3 atom stereocenters. The fourth-order valence-corrected chi connectivity index (χ4v) is 6.89. The molecule has 3 fully saturated rings. The topological polar surface area (TPSA) is 171 Å². The van der Waals surface area contributed by atoms with Crippen LogP contribution < -0.4 is 21.7 Å². The van der Waals surface area contributed by atoms with Gasteiger partial charge in [0.25, 0.3) is 5.91 Å². The molecule has 48 heavy (non-hydrogen) atoms. The third-order valence-electron chi connectivity index (χ3n) is 9.54. The zero-order chi connectivity index (χ0) is 35.6. The Bertz CT molecular complexity index is 1280. The Balaban J connectivity index is 0.00000148. The number of primary amides is 1. The summed E-state index contributed by atoms with van der Waals surface area (Å²) in [6.07, 6.45) is 9.41. The van der Waals surface area contributed by atoms with Crippen LogP contribution in [-0.2, 0) is 25.6 Å². The Hall–Kier alpha value is -3.63. The van der Waals surface area contributed by atoms with Crippen LogP contribution in [0.15, 0.2) is 24.3 Å². The van der Waals surface area contributed by atoms with Crippen LogP contribution in [-0.4, -0.2) is 69.8 Å². The van der Waals surface area contributed by atoms with Gasteiger partial charge < -0.3 is 31.7 Å². The lowest BCUT2D eigenvalue weighted by molar-refractivity contribution is -0.143. The zero-order valence-corrected chi connectivity index (χ0v) is 29.9. The summed E-state index contributed by atoms with van der Waals surface area (Å²) < 4.78 is 0. The number of phenolic OH excluding ortho intramolecular Hbond substituents is 1. The van der Waals surface area contributed by atoms with E-state index in [4.69, 9.17) is 5.73 Å². The number of aromatic hydroxyl groups is 1. The van der Waals surface area contributed by atoms with Crippen LogP contribution in [0.25, 0.3) is 0 Å². The van der Waals surface area contributed by atoms with E-state index in [2.05, 4.69) is 36.7 Å². The highest BCUT2D eigenvalue weighted by atomic mass is 16.3. The molecule has 0 aromatic heterocycles. The number of nitrogens with one attached hydrogen (secondary N) is 3. The maximum Gasteiger partial charge on any atom is 0.315 e. The van der Waals surface area contributed by atoms with Crippen LogP contribution in [0, 0.1) is 17.3 Å². The van der Waals surface area contributed by atoms with Crippen molar-refractivity contribution in [1.29, 1.82) is 0 Å². The van der Waals surface area contributed by atoms with Crippen molar-refractivity contribution in [3.63, 3.8) is 0 Å². The largest absolute Gasteiger partial charge is 0.508 e. The predicted octanol–water partition coefficient (Wildman–Crippen LogP) is 4.73. The Kier molecular flexibility index (Phi) is 13.9. The van der Waals surface area contributed by atoms with Gasteiger partial charge in [0.05, 0.1) is 6.04 Å². The van der Waals surface area contributed by atoms with E-state index in [9.17, 15) is 29.1 Å². The van der Waals surface area contributed by atoms with Crippen LogP contribution >= 0.6 is 0 Å². The summed E-state index contributed by atoms with van der Waals surface area (Å²) in [5.74, 6) is -1.51. The van der Waals surface area contributed by atoms with Gasteiger partial charge in [-0.15, -0.1) is 0 Å². The monoisotopic (exact) mass is 669 g/mol. The van der Waals surface area contributed by atoms with Crippen LogP contribution in [0.5, 0.6) is 5.75 Å². The van der Waals surface area contributed by atoms with Gasteiger partial charge in [0.2, 0.25) is 17.6 Å². The normalized spacial score (nSPS) is 20.4. The highest BCUT2D eigenvalue weighted by Crippen LogP contribution is 2.33. The van der Waals surface area contributed by atoms with E-state index in [1.807, 2.05) is 26.8 Å². The van der Waals surface area contributed by atoms with Gasteiger partial charge >= 0.3 is 6.03 Å². The molecule has 0 spiro atoms. The molecule has 5 amide bonds. The number of nitrogens with zero attached hydrogens (tertiary/aromatic N) is 1. The summed E-state index contributed by atoms with van der Waals surface area (Å²) in [7, 11) is 0. The molecule has 1 saturated heterocycles. The molecule has 4 rings (SSSR count). The first-order valence-corrected chi connectivity index (χ1v) is 17.8. The molecule has 11 heteroatoms. The number of hydrogen-bond acceptors (Lipinski definition) is 6. The third-order valence-corrected chi connectivity index (χ3v) is 9.54. The molecule has 11 nitrogen and oxygen atoms in total. The van der Waals surface area contributed by atoms with Gasteiger partial charge in [-0.3, -0.25) is 19.2 Å². The standard InChI is InChI=1S/C33H49N5O6.C4H10/c1-32(2,3)27(36-31(44)37-33(15-5-4-6-16-33)20-22-12-8-13-23(39)18-22)30(43)38-17-9-14-25(38)29(42)35-24(26(40)28(34)41)19-21-10-7-11-21;1-4(2)3/h8,12-13,18,21,24-25,27,39H,4-7,9-11,14-17,19-20H2,1-3H3,(H2,34,41)(H,35,42)(H2,36,37,44);4H,1-3H3. The summed E-state index contributed by atoms with van der Waals surface area (Å²) in [5, 5.41) is 18.9. The number of ketones is 1. The van der Waals surface area contributed by atoms with Crippen molar-refractivity contribution in [2.45, 2.75) is 142 Å². The average Bonchev–Trinajstić information content (AvgIpc) is 3.46. The number of phenols is 1. The Morgan fingerprint density at radius 3 is 2.15 bits per heavy atom. The number of nitrogens with two attached hydrogens (primary N) is 1. The van der Waals surface area contributed by atoms with E-state index in [0.717, 1.165) is 62.8 Å². The molecule has 2 aliphatic carbocycles. The number of rotatable bonds is 11. The van der Waals surface area contributed by atoms with Crippen LogP contribution in [0.2, 0.25) is 0 Å². The molecular formula is C37H59N5O6. The molecule has 1 aromatic rings. The lowest BCUT2D eigenvalue weighted by atomic mass is 9.77. The summed E-state index contributed by atoms with van der Waals surface area (Å²) in [5.41, 5.74) is 5.02. The Labute approximate surface area is 286 Å². The molecule has 268 valence electrons. The molecule has 1 aromatic carbocycles. The number of benzene rings is 1. The molecule has 2 saturated carbocycles. The summed E-state index contributed by atoms with van der Waals surface area (Å²) in [4.78, 5) is 66.8. The maximum absolute atomic E-state index is 14.0. The maximum atomic E-state index is 14.0. The fraction of sp³-hybridized carbons (Fsp3) is 0.703. The minimum absolute atomic E-state index is 0.175. The second-order valence-electron chi connectivity index (χ2n) is 15.8. The van der Waals surface area contributed by atoms with E-state index in [1.165, 1.54) is 4.90 Å². The molecular weight excluding hydrogens is 610 g/mol. The van der Waals surface area contributed by atoms with Crippen molar-refractivity contribution in [3.8, 4) is 5.75 Å². The van der Waals surface area contributed by atoms with Crippen molar-refractivity contribution in [1.82, 2.24) is 20.9 Å².